The Morgan fingerprint density at radius 2 is 1.68 bits per heavy atom. The van der Waals surface area contributed by atoms with Gasteiger partial charge >= 0.3 is 0 Å². The third-order valence-corrected chi connectivity index (χ3v) is 5.73. The molecule has 2 N–H and O–H groups in total. The van der Waals surface area contributed by atoms with Crippen LogP contribution in [0.3, 0.4) is 0 Å². The second kappa shape index (κ2) is 10.8. The number of para-hydroxylation sites is 3. The summed E-state index contributed by atoms with van der Waals surface area (Å²) in [5, 5.41) is 6.59. The number of aryl methyl sites for hydroxylation is 1. The number of nitrogens with zero attached hydrogens (tertiary/aromatic N) is 1. The van der Waals surface area contributed by atoms with Gasteiger partial charge in [0, 0.05) is 5.39 Å². The highest BCUT2D eigenvalue weighted by atomic mass is 16.5. The fourth-order valence-electron chi connectivity index (χ4n) is 3.82. The number of nitrogens with one attached hydrogen (secondary N) is 2. The monoisotopic (exact) mass is 495 g/mol. The van der Waals surface area contributed by atoms with Gasteiger partial charge in [0.05, 0.1) is 30.8 Å². The van der Waals surface area contributed by atoms with Crippen LogP contribution in [0.4, 0.5) is 5.69 Å². The molecule has 0 radical (unpaired) electrons. The highest BCUT2D eigenvalue weighted by Crippen LogP contribution is 2.29. The lowest BCUT2D eigenvalue weighted by Gasteiger charge is -2.09. The average molecular weight is 496 g/mol. The molecule has 37 heavy (non-hydrogen) atoms. The van der Waals surface area contributed by atoms with Crippen LogP contribution < -0.4 is 15.4 Å². The van der Waals surface area contributed by atoms with E-state index in [0.717, 1.165) is 5.39 Å². The van der Waals surface area contributed by atoms with Crippen molar-refractivity contribution in [1.82, 2.24) is 10.3 Å². The molecule has 0 aliphatic heterocycles. The number of carbonyl (C=O) groups is 2. The van der Waals surface area contributed by atoms with E-state index < -0.39 is 0 Å². The summed E-state index contributed by atoms with van der Waals surface area (Å²) in [6.07, 6.45) is 0.187. The molecule has 0 unspecified atom stereocenters. The lowest BCUT2D eigenvalue weighted by molar-refractivity contribution is -0.116. The van der Waals surface area contributed by atoms with Gasteiger partial charge in [0.25, 0.3) is 5.91 Å². The van der Waals surface area contributed by atoms with E-state index in [9.17, 15) is 9.59 Å². The molecule has 8 heteroatoms. The number of amides is 2. The van der Waals surface area contributed by atoms with Crippen LogP contribution in [-0.2, 0) is 11.3 Å². The van der Waals surface area contributed by atoms with Gasteiger partial charge in [0.2, 0.25) is 11.8 Å². The molecule has 2 aromatic heterocycles. The van der Waals surface area contributed by atoms with Crippen LogP contribution in [0.5, 0.6) is 5.75 Å². The third-order valence-electron chi connectivity index (χ3n) is 5.73. The van der Waals surface area contributed by atoms with Crippen molar-refractivity contribution in [2.24, 2.45) is 0 Å². The number of ether oxygens (including phenoxy) is 1. The fraction of sp³-hybridized carbons (Fsp3) is 0.138. The maximum absolute atomic E-state index is 12.6. The van der Waals surface area contributed by atoms with Crippen molar-refractivity contribution in [3.8, 4) is 17.2 Å². The number of oxazole rings is 1. The molecule has 0 fully saturated rings. The molecule has 5 rings (SSSR count). The summed E-state index contributed by atoms with van der Waals surface area (Å²) in [6.45, 7) is 2.20. The van der Waals surface area contributed by atoms with Crippen LogP contribution in [0.1, 0.15) is 28.4 Å². The summed E-state index contributed by atoms with van der Waals surface area (Å²) in [6, 6.07) is 25.8. The Hall–Kier alpha value is -4.85. The standard InChI is InChI=1S/C29H25N3O5/c1-19-24(18-30-28(34)26-17-20-9-5-8-14-25(20)37-26)32-29(36-19)22-12-6-7-13-23(22)31-27(33)15-16-35-21-10-3-2-4-11-21/h2-14,17H,15-16,18H2,1H3,(H,30,34)(H,31,33). The van der Waals surface area contributed by atoms with E-state index in [-0.39, 0.29) is 37.1 Å². The smallest absolute Gasteiger partial charge is 0.287 e. The zero-order valence-electron chi connectivity index (χ0n) is 20.2. The van der Waals surface area contributed by atoms with Gasteiger partial charge in [-0.15, -0.1) is 0 Å². The van der Waals surface area contributed by atoms with E-state index in [1.807, 2.05) is 72.8 Å². The van der Waals surface area contributed by atoms with Crippen LogP contribution in [-0.4, -0.2) is 23.4 Å². The van der Waals surface area contributed by atoms with Gasteiger partial charge in [-0.1, -0.05) is 48.5 Å². The zero-order valence-corrected chi connectivity index (χ0v) is 20.2. The summed E-state index contributed by atoms with van der Waals surface area (Å²) in [4.78, 5) is 29.7. The Bertz CT molecular complexity index is 1500. The van der Waals surface area contributed by atoms with Crippen LogP contribution in [0.15, 0.2) is 93.8 Å². The SMILES string of the molecule is Cc1oc(-c2ccccc2NC(=O)CCOc2ccccc2)nc1CNC(=O)c1cc2ccccc2o1. The van der Waals surface area contributed by atoms with E-state index >= 15 is 0 Å². The Kier molecular flexibility index (Phi) is 6.98. The van der Waals surface area contributed by atoms with Crippen LogP contribution in [0.25, 0.3) is 22.4 Å². The highest BCUT2D eigenvalue weighted by molar-refractivity contribution is 5.96. The number of carbonyl (C=O) groups excluding carboxylic acids is 2. The van der Waals surface area contributed by atoms with Gasteiger partial charge in [-0.25, -0.2) is 4.98 Å². The molecule has 0 spiro atoms. The molecule has 8 nitrogen and oxygen atoms in total. The van der Waals surface area contributed by atoms with Gasteiger partial charge < -0.3 is 24.2 Å². The van der Waals surface area contributed by atoms with Crippen LogP contribution >= 0.6 is 0 Å². The van der Waals surface area contributed by atoms with Crippen molar-refractivity contribution in [3.05, 3.63) is 102 Å². The van der Waals surface area contributed by atoms with Crippen molar-refractivity contribution >= 4 is 28.5 Å². The van der Waals surface area contributed by atoms with Crippen molar-refractivity contribution in [2.75, 3.05) is 11.9 Å². The molecule has 0 aliphatic rings. The van der Waals surface area contributed by atoms with Crippen molar-refractivity contribution in [2.45, 2.75) is 19.9 Å². The predicted octanol–water partition coefficient (Wildman–Crippen LogP) is 5.73. The Labute approximate surface area is 213 Å². The van der Waals surface area contributed by atoms with Gasteiger partial charge in [0.15, 0.2) is 5.76 Å². The highest BCUT2D eigenvalue weighted by Gasteiger charge is 2.18. The summed E-state index contributed by atoms with van der Waals surface area (Å²) in [5.74, 6) is 1.33. The minimum atomic E-state index is -0.342. The van der Waals surface area contributed by atoms with E-state index in [1.54, 1.807) is 19.1 Å². The number of anilines is 1. The first kappa shape index (κ1) is 23.9. The molecular weight excluding hydrogens is 470 g/mol. The first-order valence-electron chi connectivity index (χ1n) is 11.9. The maximum Gasteiger partial charge on any atom is 0.287 e. The zero-order chi connectivity index (χ0) is 25.6. The molecule has 0 bridgehead atoms. The normalized spacial score (nSPS) is 10.8. The molecule has 186 valence electrons. The number of rotatable bonds is 9. The van der Waals surface area contributed by atoms with Crippen LogP contribution in [0, 0.1) is 6.92 Å². The molecule has 2 heterocycles. The number of hydrogen-bond acceptors (Lipinski definition) is 6. The molecule has 0 saturated heterocycles. The number of benzene rings is 3. The molecule has 3 aromatic carbocycles. The number of hydrogen-bond donors (Lipinski definition) is 2. The minimum absolute atomic E-state index is 0.163. The Morgan fingerprint density at radius 1 is 0.919 bits per heavy atom. The summed E-state index contributed by atoms with van der Waals surface area (Å²) < 4.78 is 17.1. The molecule has 0 aliphatic carbocycles. The van der Waals surface area contributed by atoms with E-state index in [0.29, 0.717) is 39.9 Å². The summed E-state index contributed by atoms with van der Waals surface area (Å²) in [7, 11) is 0. The van der Waals surface area contributed by atoms with Gasteiger partial charge in [0.1, 0.15) is 22.8 Å². The number of aromatic nitrogens is 1. The predicted molar refractivity (Wildman–Crippen MR) is 139 cm³/mol. The van der Waals surface area contributed by atoms with Gasteiger partial charge in [-0.2, -0.15) is 0 Å². The Balaban J connectivity index is 1.22. The van der Waals surface area contributed by atoms with E-state index in [2.05, 4.69) is 15.6 Å². The van der Waals surface area contributed by atoms with Gasteiger partial charge in [-0.05, 0) is 43.3 Å². The maximum atomic E-state index is 12.6. The molecule has 0 atom stereocenters. The molecule has 2 amide bonds. The van der Waals surface area contributed by atoms with E-state index in [4.69, 9.17) is 13.6 Å². The molecule has 0 saturated carbocycles. The largest absolute Gasteiger partial charge is 0.493 e. The first-order chi connectivity index (χ1) is 18.1. The number of fused-ring (bicyclic) bond motifs is 1. The number of furan rings is 1. The first-order valence-corrected chi connectivity index (χ1v) is 11.9. The topological polar surface area (TPSA) is 107 Å². The second-order valence-electron chi connectivity index (χ2n) is 8.36. The lowest BCUT2D eigenvalue weighted by Crippen LogP contribution is -2.22. The van der Waals surface area contributed by atoms with Crippen molar-refractivity contribution in [1.29, 1.82) is 0 Å². The third kappa shape index (κ3) is 5.70. The molecule has 5 aromatic rings. The Morgan fingerprint density at radius 3 is 2.51 bits per heavy atom. The fourth-order valence-corrected chi connectivity index (χ4v) is 3.82. The lowest BCUT2D eigenvalue weighted by atomic mass is 10.1. The quantitative estimate of drug-likeness (QED) is 0.270. The summed E-state index contributed by atoms with van der Waals surface area (Å²) >= 11 is 0. The van der Waals surface area contributed by atoms with Crippen molar-refractivity contribution in [3.63, 3.8) is 0 Å². The van der Waals surface area contributed by atoms with Gasteiger partial charge in [-0.3, -0.25) is 9.59 Å². The molecular formula is C29H25N3O5. The average Bonchev–Trinajstić information content (AvgIpc) is 3.51. The summed E-state index contributed by atoms with van der Waals surface area (Å²) in [5.41, 5.74) is 2.44. The van der Waals surface area contributed by atoms with Crippen LogP contribution in [0.2, 0.25) is 0 Å². The van der Waals surface area contributed by atoms with Crippen molar-refractivity contribution < 1.29 is 23.2 Å². The van der Waals surface area contributed by atoms with E-state index in [1.165, 1.54) is 0 Å². The minimum Gasteiger partial charge on any atom is -0.493 e. The second-order valence-corrected chi connectivity index (χ2v) is 8.36.